The molecule has 0 fully saturated rings. The van der Waals surface area contributed by atoms with Crippen LogP contribution in [-0.4, -0.2) is 41.2 Å². The van der Waals surface area contributed by atoms with Crippen molar-refractivity contribution in [2.45, 2.75) is 37.1 Å². The summed E-state index contributed by atoms with van der Waals surface area (Å²) in [5, 5.41) is 22.9. The Labute approximate surface area is 208 Å². The van der Waals surface area contributed by atoms with Gasteiger partial charge in [0.1, 0.15) is 0 Å². The highest BCUT2D eigenvalue weighted by molar-refractivity contribution is 7.90. The number of carboxylic acid groups (broad SMARTS) is 1. The van der Waals surface area contributed by atoms with E-state index in [1.54, 1.807) is 18.2 Å². The Hall–Kier alpha value is -3.43. The number of halogens is 1. The lowest BCUT2D eigenvalue weighted by Gasteiger charge is -2.21. The molecule has 1 heterocycles. The number of rotatable bonds is 9. The molecule has 0 saturated heterocycles. The quantitative estimate of drug-likeness (QED) is 0.250. The molecule has 10 heteroatoms. The van der Waals surface area contributed by atoms with Crippen molar-refractivity contribution in [3.05, 3.63) is 98.4 Å². The fraction of sp³-hybridized carbons (Fsp3) is 0.240. The van der Waals surface area contributed by atoms with Crippen LogP contribution in [0.2, 0.25) is 5.02 Å². The lowest BCUT2D eigenvalue weighted by molar-refractivity contribution is -0.137. The highest BCUT2D eigenvalue weighted by Crippen LogP contribution is 2.33. The van der Waals surface area contributed by atoms with Crippen molar-refractivity contribution in [1.29, 1.82) is 0 Å². The van der Waals surface area contributed by atoms with Crippen molar-refractivity contribution >= 4 is 33.1 Å². The van der Waals surface area contributed by atoms with E-state index in [0.717, 1.165) is 22.9 Å². The number of aromatic nitrogens is 1. The zero-order valence-corrected chi connectivity index (χ0v) is 20.8. The fourth-order valence-electron chi connectivity index (χ4n) is 3.89. The summed E-state index contributed by atoms with van der Waals surface area (Å²) < 4.78 is 25.1. The lowest BCUT2D eigenvalue weighted by Crippen LogP contribution is -2.22. The molecule has 0 aliphatic heterocycles. The second kappa shape index (κ2) is 10.9. The van der Waals surface area contributed by atoms with Gasteiger partial charge in [-0.2, -0.15) is 0 Å². The normalized spacial score (nSPS) is 12.9. The number of hydrogen-bond donors (Lipinski definition) is 2. The van der Waals surface area contributed by atoms with Crippen molar-refractivity contribution in [2.75, 3.05) is 6.26 Å². The average molecular weight is 517 g/mol. The molecular weight excluding hydrogens is 492 g/mol. The highest BCUT2D eigenvalue weighted by Gasteiger charge is 2.22. The Morgan fingerprint density at radius 2 is 1.80 bits per heavy atom. The summed E-state index contributed by atoms with van der Waals surface area (Å²) in [6.07, 6.45) is 2.60. The van der Waals surface area contributed by atoms with Crippen LogP contribution in [-0.2, 0) is 21.2 Å². The SMILES string of the molecule is Cc1cc(Cl)ccc1C(CC(=NO)c1ccc(=O)n(CCC(=O)O)c1)c1ccc(S(C)(=O)=O)cc1. The first-order valence-corrected chi connectivity index (χ1v) is 13.0. The molecule has 0 aliphatic carbocycles. The third-order valence-electron chi connectivity index (χ3n) is 5.72. The first-order chi connectivity index (χ1) is 16.5. The number of carboxylic acids is 1. The summed E-state index contributed by atoms with van der Waals surface area (Å²) in [6, 6.07) is 14.8. The van der Waals surface area contributed by atoms with E-state index in [1.807, 2.05) is 19.1 Å². The summed E-state index contributed by atoms with van der Waals surface area (Å²) in [7, 11) is -3.37. The zero-order chi connectivity index (χ0) is 25.8. The summed E-state index contributed by atoms with van der Waals surface area (Å²) >= 11 is 6.15. The molecule has 184 valence electrons. The van der Waals surface area contributed by atoms with Gasteiger partial charge in [0.05, 0.1) is 17.0 Å². The van der Waals surface area contributed by atoms with Gasteiger partial charge in [0.2, 0.25) is 0 Å². The fourth-order valence-corrected chi connectivity index (χ4v) is 4.74. The standard InChI is InChI=1S/C25H25ClN2O6S/c1-16-13-19(26)6-9-21(16)22(17-3-7-20(8-4-17)35(2,33)34)14-23(27-32)18-5-10-24(29)28(15-18)12-11-25(30)31/h3-10,13,15,22,32H,11-12,14H2,1-2H3,(H,30,31). The topological polar surface area (TPSA) is 126 Å². The average Bonchev–Trinajstić information content (AvgIpc) is 2.80. The van der Waals surface area contributed by atoms with Gasteiger partial charge in [-0.3, -0.25) is 9.59 Å². The van der Waals surface area contributed by atoms with Gasteiger partial charge in [-0.15, -0.1) is 0 Å². The molecule has 2 aromatic carbocycles. The number of carbonyl (C=O) groups is 1. The molecule has 8 nitrogen and oxygen atoms in total. The first-order valence-electron chi connectivity index (χ1n) is 10.7. The van der Waals surface area contributed by atoms with E-state index in [-0.39, 0.29) is 41.5 Å². The van der Waals surface area contributed by atoms with Crippen LogP contribution >= 0.6 is 11.6 Å². The van der Waals surface area contributed by atoms with Gasteiger partial charge in [0.15, 0.2) is 9.84 Å². The number of benzene rings is 2. The predicted molar refractivity (Wildman–Crippen MR) is 133 cm³/mol. The van der Waals surface area contributed by atoms with E-state index >= 15 is 0 Å². The summed E-state index contributed by atoms with van der Waals surface area (Å²) in [6.45, 7) is 1.88. The smallest absolute Gasteiger partial charge is 0.305 e. The number of nitrogens with zero attached hydrogens (tertiary/aromatic N) is 2. The van der Waals surface area contributed by atoms with E-state index in [4.69, 9.17) is 16.7 Å². The van der Waals surface area contributed by atoms with Crippen molar-refractivity contribution in [2.24, 2.45) is 5.16 Å². The van der Waals surface area contributed by atoms with Crippen LogP contribution in [0.3, 0.4) is 0 Å². The Morgan fingerprint density at radius 1 is 1.11 bits per heavy atom. The van der Waals surface area contributed by atoms with Gasteiger partial charge < -0.3 is 14.9 Å². The molecule has 2 N–H and O–H groups in total. The molecule has 1 aromatic heterocycles. The maximum absolute atomic E-state index is 12.2. The molecule has 1 unspecified atom stereocenters. The molecule has 3 aromatic rings. The summed E-state index contributed by atoms with van der Waals surface area (Å²) in [5.41, 5.74) is 2.97. The zero-order valence-electron chi connectivity index (χ0n) is 19.2. The molecule has 3 rings (SSSR count). The molecular formula is C25H25ClN2O6S. The minimum absolute atomic E-state index is 0.0204. The minimum atomic E-state index is -3.37. The van der Waals surface area contributed by atoms with Gasteiger partial charge in [-0.25, -0.2) is 8.42 Å². The van der Waals surface area contributed by atoms with E-state index in [9.17, 15) is 23.2 Å². The molecule has 0 saturated carbocycles. The van der Waals surface area contributed by atoms with Crippen molar-refractivity contribution in [1.82, 2.24) is 4.57 Å². The van der Waals surface area contributed by atoms with Gasteiger partial charge in [0, 0.05) is 48.0 Å². The van der Waals surface area contributed by atoms with Crippen LogP contribution in [0.15, 0.2) is 75.6 Å². The van der Waals surface area contributed by atoms with Crippen LogP contribution in [0.25, 0.3) is 0 Å². The largest absolute Gasteiger partial charge is 0.481 e. The van der Waals surface area contributed by atoms with Gasteiger partial charge >= 0.3 is 5.97 Å². The summed E-state index contributed by atoms with van der Waals surface area (Å²) in [5.74, 6) is -1.36. The number of sulfone groups is 1. The molecule has 0 radical (unpaired) electrons. The second-order valence-corrected chi connectivity index (χ2v) is 10.7. The third kappa shape index (κ3) is 6.58. The maximum atomic E-state index is 12.2. The monoisotopic (exact) mass is 516 g/mol. The number of aryl methyl sites for hydroxylation is 2. The molecule has 0 amide bonds. The van der Waals surface area contributed by atoms with Crippen LogP contribution in [0.4, 0.5) is 0 Å². The van der Waals surface area contributed by atoms with Gasteiger partial charge in [-0.05, 0) is 53.9 Å². The first kappa shape index (κ1) is 26.2. The van der Waals surface area contributed by atoms with Crippen molar-refractivity contribution < 1.29 is 23.5 Å². The second-order valence-electron chi connectivity index (χ2n) is 8.24. The Morgan fingerprint density at radius 3 is 2.37 bits per heavy atom. The number of pyridine rings is 1. The Balaban J connectivity index is 2.05. The van der Waals surface area contributed by atoms with Crippen LogP contribution in [0.1, 0.15) is 41.0 Å². The maximum Gasteiger partial charge on any atom is 0.305 e. The lowest BCUT2D eigenvalue weighted by atomic mass is 9.83. The van der Waals surface area contributed by atoms with E-state index < -0.39 is 15.8 Å². The Kier molecular flexibility index (Phi) is 8.14. The highest BCUT2D eigenvalue weighted by atomic mass is 35.5. The molecule has 0 bridgehead atoms. The number of oxime groups is 1. The molecule has 0 aliphatic rings. The number of aliphatic carboxylic acids is 1. The molecule has 35 heavy (non-hydrogen) atoms. The van der Waals surface area contributed by atoms with Crippen molar-refractivity contribution in [3.8, 4) is 0 Å². The van der Waals surface area contributed by atoms with Crippen LogP contribution < -0.4 is 5.56 Å². The van der Waals surface area contributed by atoms with Gasteiger partial charge in [-0.1, -0.05) is 35.0 Å². The Bertz CT molecular complexity index is 1430. The van der Waals surface area contributed by atoms with Crippen LogP contribution in [0, 0.1) is 6.92 Å². The summed E-state index contributed by atoms with van der Waals surface area (Å²) in [4.78, 5) is 23.3. The minimum Gasteiger partial charge on any atom is -0.481 e. The molecule has 0 spiro atoms. The molecule has 1 atom stereocenters. The van der Waals surface area contributed by atoms with Gasteiger partial charge in [0.25, 0.3) is 5.56 Å². The van der Waals surface area contributed by atoms with E-state index in [1.165, 1.54) is 35.0 Å². The predicted octanol–water partition coefficient (Wildman–Crippen LogP) is 4.09. The number of hydrogen-bond acceptors (Lipinski definition) is 6. The third-order valence-corrected chi connectivity index (χ3v) is 7.08. The van der Waals surface area contributed by atoms with Crippen molar-refractivity contribution in [3.63, 3.8) is 0 Å². The van der Waals surface area contributed by atoms with Crippen LogP contribution in [0.5, 0.6) is 0 Å². The van der Waals surface area contributed by atoms with E-state index in [2.05, 4.69) is 5.16 Å². The van der Waals surface area contributed by atoms with E-state index in [0.29, 0.717) is 10.6 Å².